The second-order valence-electron chi connectivity index (χ2n) is 4.83. The molecule has 1 atom stereocenters. The molecule has 0 saturated carbocycles. The minimum atomic E-state index is -3.59. The fraction of sp³-hybridized carbons (Fsp3) is 0.417. The van der Waals surface area contributed by atoms with Gasteiger partial charge in [0.25, 0.3) is 0 Å². The maximum Gasteiger partial charge on any atom is 0.227 e. The van der Waals surface area contributed by atoms with Crippen LogP contribution in [0.2, 0.25) is 0 Å². The molecule has 1 fully saturated rings. The van der Waals surface area contributed by atoms with Gasteiger partial charge in [0.1, 0.15) is 5.82 Å². The molecule has 1 aromatic rings. The first-order valence-electron chi connectivity index (χ1n) is 5.83. The molecule has 0 radical (unpaired) electrons. The molecule has 2 rings (SSSR count). The molecule has 1 aromatic carbocycles. The van der Waals surface area contributed by atoms with Crippen LogP contribution in [-0.4, -0.2) is 26.6 Å². The van der Waals surface area contributed by atoms with Gasteiger partial charge < -0.3 is 4.90 Å². The first kappa shape index (κ1) is 14.0. The van der Waals surface area contributed by atoms with Crippen LogP contribution in [0.3, 0.4) is 0 Å². The van der Waals surface area contributed by atoms with Crippen molar-refractivity contribution in [2.45, 2.75) is 13.3 Å². The van der Waals surface area contributed by atoms with Crippen molar-refractivity contribution in [3.63, 3.8) is 0 Å². The standard InChI is InChI=1S/C12H15FN2O3S/c1-8-4-10(13)2-3-11(8)15-6-9(5-12(15)16)7-19(14,17)18/h2-4,9H,5-7H2,1H3,(H2,14,17,18). The molecule has 0 spiro atoms. The van der Waals surface area contributed by atoms with Crippen LogP contribution in [0.5, 0.6) is 0 Å². The summed E-state index contributed by atoms with van der Waals surface area (Å²) in [5, 5.41) is 4.99. The highest BCUT2D eigenvalue weighted by Crippen LogP contribution is 2.28. The van der Waals surface area contributed by atoms with E-state index in [-0.39, 0.29) is 29.8 Å². The number of primary sulfonamides is 1. The first-order valence-corrected chi connectivity index (χ1v) is 7.55. The Morgan fingerprint density at radius 2 is 2.16 bits per heavy atom. The molecule has 7 heteroatoms. The number of aryl methyl sites for hydroxylation is 1. The van der Waals surface area contributed by atoms with Crippen LogP contribution in [-0.2, 0) is 14.8 Å². The maximum absolute atomic E-state index is 13.0. The lowest BCUT2D eigenvalue weighted by Gasteiger charge is -2.19. The Balaban J connectivity index is 2.20. The zero-order valence-electron chi connectivity index (χ0n) is 10.5. The minimum absolute atomic E-state index is 0.146. The van der Waals surface area contributed by atoms with Gasteiger partial charge >= 0.3 is 0 Å². The normalized spacial score (nSPS) is 20.1. The predicted molar refractivity (Wildman–Crippen MR) is 69.6 cm³/mol. The molecule has 1 unspecified atom stereocenters. The molecular weight excluding hydrogens is 271 g/mol. The van der Waals surface area contributed by atoms with Crippen molar-refractivity contribution in [3.05, 3.63) is 29.6 Å². The number of rotatable bonds is 3. The zero-order valence-corrected chi connectivity index (χ0v) is 11.3. The van der Waals surface area contributed by atoms with E-state index in [9.17, 15) is 17.6 Å². The van der Waals surface area contributed by atoms with Crippen molar-refractivity contribution in [2.24, 2.45) is 11.1 Å². The number of hydrogen-bond acceptors (Lipinski definition) is 3. The topological polar surface area (TPSA) is 80.5 Å². The molecule has 1 aliphatic heterocycles. The van der Waals surface area contributed by atoms with Gasteiger partial charge in [0, 0.05) is 24.6 Å². The van der Waals surface area contributed by atoms with E-state index >= 15 is 0 Å². The largest absolute Gasteiger partial charge is 0.312 e. The Labute approximate surface area is 111 Å². The summed E-state index contributed by atoms with van der Waals surface area (Å²) in [7, 11) is -3.59. The summed E-state index contributed by atoms with van der Waals surface area (Å²) in [6, 6.07) is 4.15. The molecule has 0 aromatic heterocycles. The molecule has 2 N–H and O–H groups in total. The number of nitrogens with zero attached hydrogens (tertiary/aromatic N) is 1. The molecule has 0 bridgehead atoms. The smallest absolute Gasteiger partial charge is 0.227 e. The summed E-state index contributed by atoms with van der Waals surface area (Å²) in [6.45, 7) is 2.00. The monoisotopic (exact) mass is 286 g/mol. The van der Waals surface area contributed by atoms with Gasteiger partial charge in [-0.2, -0.15) is 0 Å². The van der Waals surface area contributed by atoms with Gasteiger partial charge in [-0.3, -0.25) is 4.79 Å². The van der Waals surface area contributed by atoms with Crippen molar-refractivity contribution in [3.8, 4) is 0 Å². The minimum Gasteiger partial charge on any atom is -0.312 e. The number of amides is 1. The van der Waals surface area contributed by atoms with Crippen LogP contribution in [0.4, 0.5) is 10.1 Å². The number of nitrogens with two attached hydrogens (primary N) is 1. The molecule has 1 amide bonds. The Kier molecular flexibility index (Phi) is 3.60. The third-order valence-corrected chi connectivity index (χ3v) is 4.06. The Morgan fingerprint density at radius 3 is 2.74 bits per heavy atom. The van der Waals surface area contributed by atoms with Crippen LogP contribution < -0.4 is 10.0 Å². The molecular formula is C12H15FN2O3S. The number of carbonyl (C=O) groups excluding carboxylic acids is 1. The van der Waals surface area contributed by atoms with Crippen LogP contribution >= 0.6 is 0 Å². The van der Waals surface area contributed by atoms with Crippen molar-refractivity contribution in [2.75, 3.05) is 17.2 Å². The van der Waals surface area contributed by atoms with E-state index in [2.05, 4.69) is 0 Å². The van der Waals surface area contributed by atoms with E-state index in [1.54, 1.807) is 6.92 Å². The third-order valence-electron chi connectivity index (χ3n) is 3.12. The molecule has 104 valence electrons. The van der Waals surface area contributed by atoms with Crippen molar-refractivity contribution in [1.29, 1.82) is 0 Å². The van der Waals surface area contributed by atoms with E-state index in [0.29, 0.717) is 17.8 Å². The van der Waals surface area contributed by atoms with Gasteiger partial charge in [0.15, 0.2) is 0 Å². The van der Waals surface area contributed by atoms with Crippen molar-refractivity contribution >= 4 is 21.6 Å². The van der Waals surface area contributed by atoms with Crippen molar-refractivity contribution < 1.29 is 17.6 Å². The Morgan fingerprint density at radius 1 is 1.47 bits per heavy atom. The van der Waals surface area contributed by atoms with Crippen LogP contribution in [0.1, 0.15) is 12.0 Å². The quantitative estimate of drug-likeness (QED) is 0.891. The molecule has 1 aliphatic rings. The maximum atomic E-state index is 13.0. The fourth-order valence-corrected chi connectivity index (χ4v) is 3.26. The van der Waals surface area contributed by atoms with Crippen LogP contribution in [0, 0.1) is 18.7 Å². The highest BCUT2D eigenvalue weighted by molar-refractivity contribution is 7.89. The van der Waals surface area contributed by atoms with Gasteiger partial charge in [-0.25, -0.2) is 17.9 Å². The van der Waals surface area contributed by atoms with Crippen molar-refractivity contribution in [1.82, 2.24) is 0 Å². The van der Waals surface area contributed by atoms with E-state index in [0.717, 1.165) is 0 Å². The van der Waals surface area contributed by atoms with Crippen LogP contribution in [0.25, 0.3) is 0 Å². The predicted octanol–water partition coefficient (Wildman–Crippen LogP) is 0.776. The number of anilines is 1. The van der Waals surface area contributed by atoms with E-state index in [4.69, 9.17) is 5.14 Å². The Hall–Kier alpha value is -1.47. The summed E-state index contributed by atoms with van der Waals surface area (Å²) in [6.07, 6.45) is 0.146. The summed E-state index contributed by atoms with van der Waals surface area (Å²) < 4.78 is 35.1. The lowest BCUT2D eigenvalue weighted by molar-refractivity contribution is -0.117. The van der Waals surface area contributed by atoms with E-state index < -0.39 is 10.0 Å². The Bertz CT molecular complexity index is 615. The van der Waals surface area contributed by atoms with Gasteiger partial charge in [-0.15, -0.1) is 0 Å². The average molecular weight is 286 g/mol. The third kappa shape index (κ3) is 3.30. The molecule has 1 saturated heterocycles. The summed E-state index contributed by atoms with van der Waals surface area (Å²) in [5.41, 5.74) is 1.26. The van der Waals surface area contributed by atoms with Gasteiger partial charge in [0.2, 0.25) is 15.9 Å². The number of carbonyl (C=O) groups is 1. The average Bonchev–Trinajstić information content (AvgIpc) is 2.56. The summed E-state index contributed by atoms with van der Waals surface area (Å²) in [5.74, 6) is -1.06. The van der Waals surface area contributed by atoms with Gasteiger partial charge in [0.05, 0.1) is 5.75 Å². The molecule has 1 heterocycles. The van der Waals surface area contributed by atoms with Gasteiger partial charge in [-0.1, -0.05) is 0 Å². The fourth-order valence-electron chi connectivity index (χ4n) is 2.38. The highest BCUT2D eigenvalue weighted by Gasteiger charge is 2.33. The molecule has 19 heavy (non-hydrogen) atoms. The summed E-state index contributed by atoms with van der Waals surface area (Å²) >= 11 is 0. The number of benzene rings is 1. The summed E-state index contributed by atoms with van der Waals surface area (Å²) in [4.78, 5) is 13.4. The second-order valence-corrected chi connectivity index (χ2v) is 6.49. The molecule has 5 nitrogen and oxygen atoms in total. The lowest BCUT2D eigenvalue weighted by Crippen LogP contribution is -2.28. The second kappa shape index (κ2) is 4.90. The van der Waals surface area contributed by atoms with Gasteiger partial charge in [-0.05, 0) is 30.7 Å². The SMILES string of the molecule is Cc1cc(F)ccc1N1CC(CS(N)(=O)=O)CC1=O. The number of halogens is 1. The number of sulfonamides is 1. The van der Waals surface area contributed by atoms with Crippen LogP contribution in [0.15, 0.2) is 18.2 Å². The molecule has 0 aliphatic carbocycles. The highest BCUT2D eigenvalue weighted by atomic mass is 32.2. The lowest BCUT2D eigenvalue weighted by atomic mass is 10.1. The van der Waals surface area contributed by atoms with E-state index in [1.807, 2.05) is 0 Å². The van der Waals surface area contributed by atoms with E-state index in [1.165, 1.54) is 23.1 Å². The number of hydrogen-bond donors (Lipinski definition) is 1. The zero-order chi connectivity index (χ0) is 14.2. The first-order chi connectivity index (χ1) is 8.76.